The molecule has 0 atom stereocenters. The fourth-order valence-corrected chi connectivity index (χ4v) is 6.15. The molecule has 1 aliphatic heterocycles. The Morgan fingerprint density at radius 3 is 2.13 bits per heavy atom. The van der Waals surface area contributed by atoms with E-state index in [-0.39, 0.29) is 10.8 Å². The van der Waals surface area contributed by atoms with Crippen molar-refractivity contribution >= 4 is 21.6 Å². The van der Waals surface area contributed by atoms with E-state index in [1.54, 1.807) is 24.3 Å². The van der Waals surface area contributed by atoms with Gasteiger partial charge in [-0.2, -0.15) is 4.31 Å². The third kappa shape index (κ3) is 6.75. The lowest BCUT2D eigenvalue weighted by Gasteiger charge is -2.37. The van der Waals surface area contributed by atoms with Gasteiger partial charge in [-0.25, -0.2) is 8.42 Å². The third-order valence-electron chi connectivity index (χ3n) is 6.55. The monoisotopic (exact) mass is 450 g/mol. The predicted molar refractivity (Wildman–Crippen MR) is 125 cm³/mol. The molecular weight excluding hydrogens is 412 g/mol. The van der Waals surface area contributed by atoms with Crippen LogP contribution < -0.4 is 5.32 Å². The second-order valence-corrected chi connectivity index (χ2v) is 10.7. The van der Waals surface area contributed by atoms with Gasteiger partial charge in [-0.1, -0.05) is 33.1 Å². The number of hydrogen-bond donors (Lipinski definition) is 1. The zero-order valence-electron chi connectivity index (χ0n) is 19.1. The van der Waals surface area contributed by atoms with E-state index in [1.165, 1.54) is 43.0 Å². The molecule has 1 amide bonds. The average Bonchev–Trinajstić information content (AvgIpc) is 2.77. The van der Waals surface area contributed by atoms with Gasteiger partial charge >= 0.3 is 0 Å². The zero-order chi connectivity index (χ0) is 22.3. The summed E-state index contributed by atoms with van der Waals surface area (Å²) in [4.78, 5) is 17.5. The van der Waals surface area contributed by atoms with Crippen LogP contribution in [-0.2, 0) is 14.8 Å². The Labute approximate surface area is 187 Å². The molecule has 2 fully saturated rings. The van der Waals surface area contributed by atoms with E-state index in [1.807, 2.05) is 13.8 Å². The summed E-state index contributed by atoms with van der Waals surface area (Å²) < 4.78 is 26.6. The summed E-state index contributed by atoms with van der Waals surface area (Å²) in [6, 6.07) is 6.45. The van der Waals surface area contributed by atoms with E-state index in [0.717, 1.165) is 32.1 Å². The molecule has 1 aromatic rings. The fourth-order valence-electron chi connectivity index (χ4n) is 4.69. The van der Waals surface area contributed by atoms with Crippen molar-refractivity contribution in [2.24, 2.45) is 5.92 Å². The number of nitrogens with one attached hydrogen (secondary N) is 1. The average molecular weight is 451 g/mol. The molecule has 1 heterocycles. The number of nitrogens with zero attached hydrogens (tertiary/aromatic N) is 3. The van der Waals surface area contributed by atoms with E-state index >= 15 is 0 Å². The molecule has 7 nitrogen and oxygen atoms in total. The minimum atomic E-state index is -3.48. The first kappa shape index (κ1) is 24.2. The smallest absolute Gasteiger partial charge is 0.243 e. The first-order chi connectivity index (χ1) is 14.9. The Morgan fingerprint density at radius 1 is 0.968 bits per heavy atom. The number of piperazine rings is 1. The molecule has 31 heavy (non-hydrogen) atoms. The summed E-state index contributed by atoms with van der Waals surface area (Å²) >= 11 is 0. The number of amides is 1. The molecule has 1 aliphatic carbocycles. The Hall–Kier alpha value is -1.48. The maximum Gasteiger partial charge on any atom is 0.243 e. The number of sulfonamides is 1. The Balaban J connectivity index is 1.44. The number of carbonyl (C=O) groups is 1. The van der Waals surface area contributed by atoms with E-state index in [0.29, 0.717) is 25.3 Å². The molecule has 0 spiro atoms. The molecule has 1 saturated heterocycles. The quantitative estimate of drug-likeness (QED) is 0.626. The van der Waals surface area contributed by atoms with E-state index in [9.17, 15) is 13.2 Å². The zero-order valence-corrected chi connectivity index (χ0v) is 19.9. The third-order valence-corrected chi connectivity index (χ3v) is 8.62. The molecule has 0 unspecified atom stereocenters. The van der Waals surface area contributed by atoms with Gasteiger partial charge in [-0.3, -0.25) is 9.69 Å². The summed E-state index contributed by atoms with van der Waals surface area (Å²) in [7, 11) is -3.48. The van der Waals surface area contributed by atoms with Crippen molar-refractivity contribution in [1.82, 2.24) is 14.1 Å². The molecule has 2 aliphatic rings. The minimum absolute atomic E-state index is 0.0555. The van der Waals surface area contributed by atoms with Crippen LogP contribution in [0.1, 0.15) is 46.0 Å². The molecule has 1 aromatic carbocycles. The lowest BCUT2D eigenvalue weighted by Crippen LogP contribution is -2.49. The van der Waals surface area contributed by atoms with Crippen molar-refractivity contribution < 1.29 is 13.2 Å². The van der Waals surface area contributed by atoms with Crippen LogP contribution in [-0.4, -0.2) is 80.8 Å². The highest BCUT2D eigenvalue weighted by Gasteiger charge is 2.23. The Bertz CT molecular complexity index is 795. The largest absolute Gasteiger partial charge is 0.325 e. The number of carbonyl (C=O) groups excluding carboxylic acids is 1. The first-order valence-electron chi connectivity index (χ1n) is 11.8. The number of rotatable bonds is 9. The minimum Gasteiger partial charge on any atom is -0.325 e. The van der Waals surface area contributed by atoms with Gasteiger partial charge in [0.05, 0.1) is 11.4 Å². The van der Waals surface area contributed by atoms with Crippen LogP contribution in [0.4, 0.5) is 5.69 Å². The van der Waals surface area contributed by atoms with Gasteiger partial charge in [0, 0.05) is 51.5 Å². The number of anilines is 1. The fraction of sp³-hybridized carbons (Fsp3) is 0.696. The Morgan fingerprint density at radius 2 is 1.55 bits per heavy atom. The normalized spacial score (nSPS) is 19.6. The second-order valence-electron chi connectivity index (χ2n) is 8.74. The molecular formula is C23H38N4O3S. The molecule has 1 N–H and O–H groups in total. The highest BCUT2D eigenvalue weighted by atomic mass is 32.2. The van der Waals surface area contributed by atoms with Crippen molar-refractivity contribution in [2.75, 3.05) is 57.7 Å². The standard InChI is InChI=1S/C23H38N4O3S/c1-3-27(4-2)31(29,30)22-12-10-21(11-13-22)24-23(28)19-26-16-14-25(15-17-26)18-20-8-6-5-7-9-20/h10-13,20H,3-9,14-19H2,1-2H3,(H,24,28). The van der Waals surface area contributed by atoms with Gasteiger partial charge in [-0.05, 0) is 43.0 Å². The predicted octanol–water partition coefficient (Wildman–Crippen LogP) is 2.85. The van der Waals surface area contributed by atoms with Gasteiger partial charge < -0.3 is 10.2 Å². The van der Waals surface area contributed by atoms with Gasteiger partial charge in [0.25, 0.3) is 0 Å². The van der Waals surface area contributed by atoms with Crippen LogP contribution in [0, 0.1) is 5.92 Å². The van der Waals surface area contributed by atoms with Gasteiger partial charge in [0.15, 0.2) is 0 Å². The second kappa shape index (κ2) is 11.4. The summed E-state index contributed by atoms with van der Waals surface area (Å²) in [6.07, 6.45) is 6.91. The SMILES string of the molecule is CCN(CC)S(=O)(=O)c1ccc(NC(=O)CN2CCN(CC3CCCCC3)CC2)cc1. The Kier molecular flexibility index (Phi) is 8.89. The summed E-state index contributed by atoms with van der Waals surface area (Å²) in [5.74, 6) is 0.803. The summed E-state index contributed by atoms with van der Waals surface area (Å²) in [5.41, 5.74) is 0.624. The van der Waals surface area contributed by atoms with Crippen molar-refractivity contribution in [3.8, 4) is 0 Å². The lowest BCUT2D eigenvalue weighted by molar-refractivity contribution is -0.117. The number of benzene rings is 1. The van der Waals surface area contributed by atoms with Crippen LogP contribution in [0.5, 0.6) is 0 Å². The van der Waals surface area contributed by atoms with Crippen LogP contribution in [0.15, 0.2) is 29.2 Å². The highest BCUT2D eigenvalue weighted by Crippen LogP contribution is 2.24. The first-order valence-corrected chi connectivity index (χ1v) is 13.2. The summed E-state index contributed by atoms with van der Waals surface area (Å²) in [6.45, 7) is 10.00. The van der Waals surface area contributed by atoms with Crippen LogP contribution in [0.2, 0.25) is 0 Å². The van der Waals surface area contributed by atoms with E-state index in [4.69, 9.17) is 0 Å². The molecule has 0 aromatic heterocycles. The maximum atomic E-state index is 12.6. The molecule has 8 heteroatoms. The van der Waals surface area contributed by atoms with Crippen molar-refractivity contribution in [3.05, 3.63) is 24.3 Å². The molecule has 0 bridgehead atoms. The molecule has 0 radical (unpaired) electrons. The van der Waals surface area contributed by atoms with Gasteiger partial charge in [0.1, 0.15) is 0 Å². The van der Waals surface area contributed by atoms with Crippen molar-refractivity contribution in [3.63, 3.8) is 0 Å². The van der Waals surface area contributed by atoms with E-state index in [2.05, 4.69) is 15.1 Å². The highest BCUT2D eigenvalue weighted by molar-refractivity contribution is 7.89. The van der Waals surface area contributed by atoms with Gasteiger partial charge in [0.2, 0.25) is 15.9 Å². The van der Waals surface area contributed by atoms with Crippen LogP contribution in [0.25, 0.3) is 0 Å². The number of hydrogen-bond acceptors (Lipinski definition) is 5. The molecule has 1 saturated carbocycles. The topological polar surface area (TPSA) is 73.0 Å². The van der Waals surface area contributed by atoms with Crippen molar-refractivity contribution in [2.45, 2.75) is 50.8 Å². The maximum absolute atomic E-state index is 12.6. The van der Waals surface area contributed by atoms with Crippen LogP contribution in [0.3, 0.4) is 0 Å². The van der Waals surface area contributed by atoms with Crippen LogP contribution >= 0.6 is 0 Å². The molecule has 174 valence electrons. The van der Waals surface area contributed by atoms with Crippen molar-refractivity contribution in [1.29, 1.82) is 0 Å². The molecule has 3 rings (SSSR count). The van der Waals surface area contributed by atoms with Gasteiger partial charge in [-0.15, -0.1) is 0 Å². The van der Waals surface area contributed by atoms with E-state index < -0.39 is 10.0 Å². The lowest BCUT2D eigenvalue weighted by atomic mass is 9.89. The summed E-state index contributed by atoms with van der Waals surface area (Å²) in [5, 5.41) is 2.90.